The number of aliphatic carboxylic acids is 1. The summed E-state index contributed by atoms with van der Waals surface area (Å²) in [5.41, 5.74) is 15.7. The largest absolute Gasteiger partial charge is 0.480 e. The van der Waals surface area contributed by atoms with Gasteiger partial charge in [-0.3, -0.25) is 24.0 Å². The van der Waals surface area contributed by atoms with E-state index in [4.69, 9.17) is 22.3 Å². The van der Waals surface area contributed by atoms with Crippen LogP contribution in [0.1, 0.15) is 46.5 Å². The summed E-state index contributed by atoms with van der Waals surface area (Å²) in [6, 6.07) is -5.52. The SMILES string of the molecule is CCC(C)C(NC(=O)C(N)CC(N)=O)C(=O)NC(CCC(N)=O)C(=O)NC(C(=O)O)C(C)O. The van der Waals surface area contributed by atoms with Gasteiger partial charge in [-0.05, 0) is 19.3 Å². The molecule has 0 rings (SSSR count). The van der Waals surface area contributed by atoms with E-state index in [1.807, 2.05) is 0 Å². The molecule has 0 radical (unpaired) electrons. The van der Waals surface area contributed by atoms with Gasteiger partial charge in [-0.15, -0.1) is 0 Å². The number of carboxylic acid groups (broad SMARTS) is 1. The predicted octanol–water partition coefficient (Wildman–Crippen LogP) is -3.58. The van der Waals surface area contributed by atoms with Crippen LogP contribution in [0.2, 0.25) is 0 Å². The first-order valence-electron chi connectivity index (χ1n) is 10.3. The number of carbonyl (C=O) groups is 6. The standard InChI is InChI=1S/C19H34N6O8/c1-4-8(2)14(24-16(29)10(20)7-13(22)28)18(31)23-11(5-6-12(21)27)17(30)25-15(9(3)26)19(32)33/h8-11,14-15,26H,4-7,20H2,1-3H3,(H2,21,27)(H2,22,28)(H,23,31)(H,24,29)(H,25,30)(H,32,33). The molecule has 0 fully saturated rings. The zero-order chi connectivity index (χ0) is 25.9. The van der Waals surface area contributed by atoms with Crippen molar-refractivity contribution in [3.8, 4) is 0 Å². The predicted molar refractivity (Wildman–Crippen MR) is 115 cm³/mol. The molecule has 33 heavy (non-hydrogen) atoms. The van der Waals surface area contributed by atoms with Gasteiger partial charge < -0.3 is 43.4 Å². The monoisotopic (exact) mass is 474 g/mol. The summed E-state index contributed by atoms with van der Waals surface area (Å²) in [5, 5.41) is 25.6. The molecule has 0 aliphatic rings. The molecule has 14 nitrogen and oxygen atoms in total. The molecule has 0 bridgehead atoms. The fourth-order valence-corrected chi connectivity index (χ4v) is 2.73. The summed E-state index contributed by atoms with van der Waals surface area (Å²) in [7, 11) is 0. The Morgan fingerprint density at radius 3 is 1.82 bits per heavy atom. The van der Waals surface area contributed by atoms with E-state index in [1.54, 1.807) is 13.8 Å². The molecule has 188 valence electrons. The third-order valence-corrected chi connectivity index (χ3v) is 4.91. The lowest BCUT2D eigenvalue weighted by Crippen LogP contribution is -2.59. The molecular weight excluding hydrogens is 440 g/mol. The number of aliphatic hydroxyl groups is 1. The number of rotatable bonds is 15. The average molecular weight is 475 g/mol. The Morgan fingerprint density at radius 2 is 1.39 bits per heavy atom. The average Bonchev–Trinajstić information content (AvgIpc) is 2.70. The van der Waals surface area contributed by atoms with Crippen LogP contribution in [0.5, 0.6) is 0 Å². The van der Waals surface area contributed by atoms with Gasteiger partial charge in [0.15, 0.2) is 6.04 Å². The molecule has 0 saturated heterocycles. The highest BCUT2D eigenvalue weighted by Gasteiger charge is 2.33. The molecule has 0 aromatic rings. The minimum absolute atomic E-state index is 0.262. The van der Waals surface area contributed by atoms with Crippen LogP contribution in [-0.2, 0) is 28.8 Å². The van der Waals surface area contributed by atoms with Crippen molar-refractivity contribution in [1.82, 2.24) is 16.0 Å². The van der Waals surface area contributed by atoms with Crippen LogP contribution in [0.15, 0.2) is 0 Å². The third kappa shape index (κ3) is 10.7. The van der Waals surface area contributed by atoms with Crippen molar-refractivity contribution < 1.29 is 39.0 Å². The Morgan fingerprint density at radius 1 is 0.848 bits per heavy atom. The first-order chi connectivity index (χ1) is 15.2. The normalized spacial score (nSPS) is 16.3. The van der Waals surface area contributed by atoms with Crippen LogP contribution in [0.4, 0.5) is 0 Å². The molecule has 0 heterocycles. The van der Waals surface area contributed by atoms with Crippen LogP contribution in [0.3, 0.4) is 0 Å². The summed E-state index contributed by atoms with van der Waals surface area (Å²) in [5.74, 6) is -6.11. The molecule has 14 heteroatoms. The Bertz CT molecular complexity index is 744. The Hall–Kier alpha value is -3.26. The molecule has 0 spiro atoms. The fourth-order valence-electron chi connectivity index (χ4n) is 2.73. The highest BCUT2D eigenvalue weighted by atomic mass is 16.4. The topological polar surface area (TPSA) is 257 Å². The number of nitrogens with one attached hydrogen (secondary N) is 3. The number of nitrogens with two attached hydrogens (primary N) is 3. The van der Waals surface area contributed by atoms with E-state index in [0.29, 0.717) is 6.42 Å². The van der Waals surface area contributed by atoms with Crippen molar-refractivity contribution in [3.05, 3.63) is 0 Å². The van der Waals surface area contributed by atoms with Crippen molar-refractivity contribution in [2.45, 2.75) is 76.7 Å². The van der Waals surface area contributed by atoms with E-state index in [2.05, 4.69) is 16.0 Å². The van der Waals surface area contributed by atoms with Gasteiger partial charge in [0.2, 0.25) is 29.5 Å². The van der Waals surface area contributed by atoms with Crippen molar-refractivity contribution in [2.24, 2.45) is 23.1 Å². The molecular formula is C19H34N6O8. The number of amides is 5. The second kappa shape index (κ2) is 14.0. The lowest BCUT2D eigenvalue weighted by atomic mass is 9.97. The van der Waals surface area contributed by atoms with Gasteiger partial charge in [-0.25, -0.2) is 4.79 Å². The first kappa shape index (κ1) is 29.7. The third-order valence-electron chi connectivity index (χ3n) is 4.91. The van der Waals surface area contributed by atoms with E-state index < -0.39 is 78.1 Å². The van der Waals surface area contributed by atoms with Gasteiger partial charge in [-0.2, -0.15) is 0 Å². The highest BCUT2D eigenvalue weighted by Crippen LogP contribution is 2.10. The fraction of sp³-hybridized carbons (Fsp3) is 0.684. The van der Waals surface area contributed by atoms with Gasteiger partial charge in [0.05, 0.1) is 18.6 Å². The van der Waals surface area contributed by atoms with E-state index in [-0.39, 0.29) is 12.8 Å². The maximum absolute atomic E-state index is 12.9. The summed E-state index contributed by atoms with van der Waals surface area (Å²) in [4.78, 5) is 71.3. The minimum atomic E-state index is -1.66. The lowest BCUT2D eigenvalue weighted by molar-refractivity contribution is -0.145. The molecule has 0 aliphatic carbocycles. The minimum Gasteiger partial charge on any atom is -0.480 e. The molecule has 6 unspecified atom stereocenters. The van der Waals surface area contributed by atoms with Gasteiger partial charge in [0.1, 0.15) is 12.1 Å². The van der Waals surface area contributed by atoms with Gasteiger partial charge >= 0.3 is 5.97 Å². The van der Waals surface area contributed by atoms with Gasteiger partial charge in [-0.1, -0.05) is 20.3 Å². The summed E-state index contributed by atoms with van der Waals surface area (Å²) in [6.45, 7) is 4.55. The number of carbonyl (C=O) groups excluding carboxylic acids is 5. The lowest BCUT2D eigenvalue weighted by Gasteiger charge is -2.28. The van der Waals surface area contributed by atoms with Crippen LogP contribution < -0.4 is 33.2 Å². The van der Waals surface area contributed by atoms with Gasteiger partial charge in [0.25, 0.3) is 0 Å². The van der Waals surface area contributed by atoms with Crippen LogP contribution in [0.25, 0.3) is 0 Å². The van der Waals surface area contributed by atoms with Gasteiger partial charge in [0, 0.05) is 6.42 Å². The zero-order valence-electron chi connectivity index (χ0n) is 18.9. The Labute approximate surface area is 191 Å². The smallest absolute Gasteiger partial charge is 0.328 e. The Kier molecular flexibility index (Phi) is 12.6. The number of aliphatic hydroxyl groups excluding tert-OH is 1. The van der Waals surface area contributed by atoms with E-state index in [1.165, 1.54) is 0 Å². The van der Waals surface area contributed by atoms with Crippen LogP contribution >= 0.6 is 0 Å². The number of hydrogen-bond donors (Lipinski definition) is 8. The first-order valence-corrected chi connectivity index (χ1v) is 10.3. The van der Waals surface area contributed by atoms with Crippen molar-refractivity contribution in [2.75, 3.05) is 0 Å². The highest BCUT2D eigenvalue weighted by molar-refractivity contribution is 5.95. The maximum Gasteiger partial charge on any atom is 0.328 e. The van der Waals surface area contributed by atoms with Crippen LogP contribution in [-0.4, -0.2) is 76.0 Å². The molecule has 5 amide bonds. The van der Waals surface area contributed by atoms with E-state index in [0.717, 1.165) is 6.92 Å². The number of hydrogen-bond acceptors (Lipinski definition) is 8. The molecule has 0 aliphatic heterocycles. The number of carboxylic acids is 1. The van der Waals surface area contributed by atoms with E-state index >= 15 is 0 Å². The molecule has 11 N–H and O–H groups in total. The maximum atomic E-state index is 12.9. The molecule has 0 aromatic carbocycles. The second-order valence-corrected chi connectivity index (χ2v) is 7.78. The summed E-state index contributed by atoms with van der Waals surface area (Å²) >= 11 is 0. The zero-order valence-corrected chi connectivity index (χ0v) is 18.9. The van der Waals surface area contributed by atoms with Crippen molar-refractivity contribution >= 4 is 35.5 Å². The van der Waals surface area contributed by atoms with Crippen molar-refractivity contribution in [3.63, 3.8) is 0 Å². The Balaban J connectivity index is 5.63. The molecule has 0 aromatic heterocycles. The van der Waals surface area contributed by atoms with Crippen molar-refractivity contribution in [1.29, 1.82) is 0 Å². The summed E-state index contributed by atoms with van der Waals surface area (Å²) < 4.78 is 0. The van der Waals surface area contributed by atoms with E-state index in [9.17, 15) is 33.9 Å². The number of primary amides is 2. The second-order valence-electron chi connectivity index (χ2n) is 7.78. The van der Waals surface area contributed by atoms with Crippen LogP contribution in [0, 0.1) is 5.92 Å². The molecule has 6 atom stereocenters. The summed E-state index contributed by atoms with van der Waals surface area (Å²) in [6.07, 6.45) is -2.03. The quantitative estimate of drug-likeness (QED) is 0.116. The molecule has 0 saturated carbocycles.